The van der Waals surface area contributed by atoms with Crippen molar-refractivity contribution in [3.8, 4) is 0 Å². The number of aliphatic hydroxyl groups is 1. The van der Waals surface area contributed by atoms with Crippen molar-refractivity contribution in [3.63, 3.8) is 0 Å². The largest absolute Gasteiger partial charge is 0.481 e. The van der Waals surface area contributed by atoms with Crippen LogP contribution in [0.1, 0.15) is 20.8 Å². The van der Waals surface area contributed by atoms with Crippen LogP contribution in [0.15, 0.2) is 23.1 Å². The number of halogens is 2. The minimum Gasteiger partial charge on any atom is -0.481 e. The molecule has 170 valence electrons. The number of aliphatic hydroxyl groups excluding tert-OH is 1. The molecule has 1 amide bonds. The van der Waals surface area contributed by atoms with Crippen LogP contribution < -0.4 is 5.32 Å². The standard InChI is InChI=1S/C20H23ClFNO7S/c1-19(2,3)30-18(29)23-20(17(27)28)9(15(24)12-13(14(12)20)16(25)26)7-31-8-4-5-11(22)10(21)6-8/h4-6,9,12-15,24H,7H2,1-3H3,(H,23,29)(H,25,26)(H,27,28). The molecular weight excluding hydrogens is 453 g/mol. The molecule has 3 rings (SSSR count). The Bertz CT molecular complexity index is 923. The Morgan fingerprint density at radius 2 is 1.94 bits per heavy atom. The second kappa shape index (κ2) is 8.14. The quantitative estimate of drug-likeness (QED) is 0.461. The van der Waals surface area contributed by atoms with Gasteiger partial charge in [0.1, 0.15) is 11.4 Å². The molecular formula is C20H23ClFNO7S. The first-order valence-electron chi connectivity index (χ1n) is 9.53. The highest BCUT2D eigenvalue weighted by molar-refractivity contribution is 7.99. The van der Waals surface area contributed by atoms with E-state index in [9.17, 15) is 34.1 Å². The number of carbonyl (C=O) groups excluding carboxylic acids is 1. The summed E-state index contributed by atoms with van der Waals surface area (Å²) in [5.74, 6) is -7.19. The average Bonchev–Trinajstić information content (AvgIpc) is 3.32. The third-order valence-corrected chi connectivity index (χ3v) is 7.06. The molecule has 11 heteroatoms. The maximum Gasteiger partial charge on any atom is 0.408 e. The zero-order chi connectivity index (χ0) is 23.3. The fourth-order valence-electron chi connectivity index (χ4n) is 4.44. The molecule has 1 aromatic carbocycles. The van der Waals surface area contributed by atoms with Gasteiger partial charge in [0.2, 0.25) is 0 Å². The number of carboxylic acids is 2. The molecule has 0 aliphatic heterocycles. The molecule has 0 saturated heterocycles. The summed E-state index contributed by atoms with van der Waals surface area (Å²) in [6.45, 7) is 4.82. The Kier molecular flexibility index (Phi) is 6.20. The van der Waals surface area contributed by atoms with Crippen molar-refractivity contribution in [3.05, 3.63) is 29.0 Å². The highest BCUT2D eigenvalue weighted by Crippen LogP contribution is 2.65. The van der Waals surface area contributed by atoms with E-state index in [0.29, 0.717) is 4.90 Å². The van der Waals surface area contributed by atoms with Crippen molar-refractivity contribution in [2.75, 3.05) is 5.75 Å². The summed E-state index contributed by atoms with van der Waals surface area (Å²) in [5, 5.41) is 32.7. The SMILES string of the molecule is CC(C)(C)OC(=O)NC1(C(=O)O)C(CSc2ccc(F)c(Cl)c2)C(O)C2C(C(=O)O)C21. The number of nitrogens with one attached hydrogen (secondary N) is 1. The van der Waals surface area contributed by atoms with E-state index in [0.717, 1.165) is 17.8 Å². The van der Waals surface area contributed by atoms with Crippen molar-refractivity contribution in [1.82, 2.24) is 5.32 Å². The lowest BCUT2D eigenvalue weighted by atomic mass is 9.80. The van der Waals surface area contributed by atoms with Crippen molar-refractivity contribution >= 4 is 41.4 Å². The van der Waals surface area contributed by atoms with Crippen LogP contribution in [0.25, 0.3) is 0 Å². The fourth-order valence-corrected chi connectivity index (χ4v) is 5.88. The number of fused-ring (bicyclic) bond motifs is 1. The van der Waals surface area contributed by atoms with E-state index in [4.69, 9.17) is 16.3 Å². The Morgan fingerprint density at radius 1 is 1.29 bits per heavy atom. The Hall–Kier alpha value is -2.04. The summed E-state index contributed by atoms with van der Waals surface area (Å²) in [7, 11) is 0. The number of alkyl carbamates (subject to hydrolysis) is 1. The van der Waals surface area contributed by atoms with Gasteiger partial charge in [-0.05, 0) is 39.0 Å². The highest BCUT2D eigenvalue weighted by Gasteiger charge is 2.79. The molecule has 8 nitrogen and oxygen atoms in total. The lowest BCUT2D eigenvalue weighted by Crippen LogP contribution is -2.63. The Balaban J connectivity index is 1.91. The van der Waals surface area contributed by atoms with Gasteiger partial charge in [-0.3, -0.25) is 4.79 Å². The van der Waals surface area contributed by atoms with E-state index in [-0.39, 0.29) is 10.8 Å². The third kappa shape index (κ3) is 4.33. The van der Waals surface area contributed by atoms with E-state index < -0.39 is 64.8 Å². The number of rotatable bonds is 6. The Labute approximate surface area is 187 Å². The zero-order valence-electron chi connectivity index (χ0n) is 17.0. The second-order valence-corrected chi connectivity index (χ2v) is 10.3. The minimum atomic E-state index is -2.04. The van der Waals surface area contributed by atoms with Crippen molar-refractivity contribution in [2.24, 2.45) is 23.7 Å². The van der Waals surface area contributed by atoms with Crippen molar-refractivity contribution < 1.29 is 38.8 Å². The van der Waals surface area contributed by atoms with Gasteiger partial charge in [-0.2, -0.15) is 0 Å². The van der Waals surface area contributed by atoms with E-state index in [1.54, 1.807) is 20.8 Å². The highest BCUT2D eigenvalue weighted by atomic mass is 35.5. The number of aliphatic carboxylic acids is 2. The van der Waals surface area contributed by atoms with E-state index in [1.165, 1.54) is 12.1 Å². The summed E-state index contributed by atoms with van der Waals surface area (Å²) < 4.78 is 18.6. The first kappa shape index (κ1) is 23.6. The van der Waals surface area contributed by atoms with Crippen LogP contribution >= 0.6 is 23.4 Å². The number of hydrogen-bond acceptors (Lipinski definition) is 6. The summed E-state index contributed by atoms with van der Waals surface area (Å²) >= 11 is 6.91. The van der Waals surface area contributed by atoms with Crippen LogP contribution in [-0.2, 0) is 14.3 Å². The van der Waals surface area contributed by atoms with Crippen LogP contribution in [0, 0.1) is 29.5 Å². The molecule has 2 aliphatic rings. The molecule has 31 heavy (non-hydrogen) atoms. The predicted molar refractivity (Wildman–Crippen MR) is 109 cm³/mol. The number of carbonyl (C=O) groups is 3. The monoisotopic (exact) mass is 475 g/mol. The maximum atomic E-state index is 13.4. The molecule has 1 aromatic rings. The van der Waals surface area contributed by atoms with Crippen LogP contribution in [0.4, 0.5) is 9.18 Å². The molecule has 2 fully saturated rings. The number of amides is 1. The third-order valence-electron chi connectivity index (χ3n) is 5.66. The number of benzene rings is 1. The summed E-state index contributed by atoms with van der Waals surface area (Å²) in [4.78, 5) is 37.1. The fraction of sp³-hybridized carbons (Fsp3) is 0.550. The number of ether oxygens (including phenoxy) is 1. The molecule has 0 spiro atoms. The van der Waals surface area contributed by atoms with Crippen LogP contribution in [0.5, 0.6) is 0 Å². The molecule has 0 radical (unpaired) electrons. The first-order valence-corrected chi connectivity index (χ1v) is 10.9. The molecule has 2 aliphatic carbocycles. The minimum absolute atomic E-state index is 0.0184. The van der Waals surface area contributed by atoms with Crippen LogP contribution in [-0.4, -0.2) is 56.3 Å². The summed E-state index contributed by atoms with van der Waals surface area (Å²) in [6, 6.07) is 3.99. The number of carboxylic acid groups (broad SMARTS) is 2. The van der Waals surface area contributed by atoms with E-state index in [2.05, 4.69) is 5.32 Å². The normalized spacial score (nSPS) is 31.6. The van der Waals surface area contributed by atoms with Crippen LogP contribution in [0.2, 0.25) is 5.02 Å². The van der Waals surface area contributed by atoms with E-state index >= 15 is 0 Å². The van der Waals surface area contributed by atoms with Gasteiger partial charge in [-0.15, -0.1) is 11.8 Å². The molecule has 4 N–H and O–H groups in total. The molecule has 0 heterocycles. The second-order valence-electron chi connectivity index (χ2n) is 8.75. The topological polar surface area (TPSA) is 133 Å². The molecule has 0 bridgehead atoms. The first-order chi connectivity index (χ1) is 14.3. The van der Waals surface area contributed by atoms with Gasteiger partial charge >= 0.3 is 18.0 Å². The lowest BCUT2D eigenvalue weighted by molar-refractivity contribution is -0.150. The molecule has 6 atom stereocenters. The summed E-state index contributed by atoms with van der Waals surface area (Å²) in [6.07, 6.45) is -2.29. The predicted octanol–water partition coefficient (Wildman–Crippen LogP) is 2.86. The average molecular weight is 476 g/mol. The van der Waals surface area contributed by atoms with Crippen molar-refractivity contribution in [1.29, 1.82) is 0 Å². The number of thioether (sulfide) groups is 1. The smallest absolute Gasteiger partial charge is 0.408 e. The lowest BCUT2D eigenvalue weighted by Gasteiger charge is -2.37. The van der Waals surface area contributed by atoms with Gasteiger partial charge in [0.05, 0.1) is 17.0 Å². The van der Waals surface area contributed by atoms with Crippen molar-refractivity contribution in [2.45, 2.75) is 42.9 Å². The summed E-state index contributed by atoms with van der Waals surface area (Å²) in [5.41, 5.74) is -2.95. The van der Waals surface area contributed by atoms with E-state index in [1.807, 2.05) is 0 Å². The van der Waals surface area contributed by atoms with Gasteiger partial charge in [-0.25, -0.2) is 14.0 Å². The van der Waals surface area contributed by atoms with Gasteiger partial charge in [0.25, 0.3) is 0 Å². The van der Waals surface area contributed by atoms with Gasteiger partial charge < -0.3 is 25.4 Å². The van der Waals surface area contributed by atoms with Gasteiger partial charge in [0.15, 0.2) is 5.54 Å². The molecule has 0 aromatic heterocycles. The van der Waals surface area contributed by atoms with Gasteiger partial charge in [-0.1, -0.05) is 11.6 Å². The Morgan fingerprint density at radius 3 is 2.45 bits per heavy atom. The molecule has 6 unspecified atom stereocenters. The van der Waals surface area contributed by atoms with Crippen LogP contribution in [0.3, 0.4) is 0 Å². The van der Waals surface area contributed by atoms with Gasteiger partial charge in [0, 0.05) is 28.4 Å². The maximum absolute atomic E-state index is 13.4. The number of hydrogen-bond donors (Lipinski definition) is 4. The zero-order valence-corrected chi connectivity index (χ0v) is 18.5. The molecule has 2 saturated carbocycles.